The first-order valence-corrected chi connectivity index (χ1v) is 11.2. The Labute approximate surface area is 200 Å². The molecule has 1 heterocycles. The fourth-order valence-corrected chi connectivity index (χ4v) is 3.93. The summed E-state index contributed by atoms with van der Waals surface area (Å²) in [7, 11) is 0. The monoisotopic (exact) mass is 472 g/mol. The van der Waals surface area contributed by atoms with Gasteiger partial charge in [-0.2, -0.15) is 5.26 Å². The smallest absolute Gasteiger partial charge is 0.342 e. The Balaban J connectivity index is 1.57. The molecule has 34 heavy (non-hydrogen) atoms. The minimum Gasteiger partial charge on any atom is -0.490 e. The maximum atomic E-state index is 11.9. The minimum absolute atomic E-state index is 0.0469. The highest BCUT2D eigenvalue weighted by Crippen LogP contribution is 2.34. The molecule has 4 rings (SSSR count). The molecule has 0 aliphatic heterocycles. The van der Waals surface area contributed by atoms with E-state index in [4.69, 9.17) is 13.9 Å². The third kappa shape index (κ3) is 5.39. The van der Waals surface area contributed by atoms with Crippen molar-refractivity contribution in [2.75, 3.05) is 6.61 Å². The summed E-state index contributed by atoms with van der Waals surface area (Å²) >= 11 is 0.934. The number of hydrogen-bond donors (Lipinski definition) is 1. The standard InChI is InChI=1S/C26H20N2O5S/c1-2-31-23-13-17(11-12-22(23)32-16-19-8-4-3-7-18(19)15-27)14-24(25(29)30)34-26-28-20-9-5-6-10-21(20)33-26/h3-14H,2,16H2,1H3,(H,29,30)/b24-14-. The van der Waals surface area contributed by atoms with Gasteiger partial charge in [0.2, 0.25) is 0 Å². The largest absolute Gasteiger partial charge is 0.490 e. The first-order chi connectivity index (χ1) is 16.6. The zero-order chi connectivity index (χ0) is 23.9. The lowest BCUT2D eigenvalue weighted by Gasteiger charge is -2.13. The molecule has 0 fully saturated rings. The molecule has 3 aromatic carbocycles. The molecule has 0 unspecified atom stereocenters. The number of carbonyl (C=O) groups is 1. The number of carboxylic acids is 1. The average Bonchev–Trinajstić information content (AvgIpc) is 3.26. The predicted molar refractivity (Wildman–Crippen MR) is 129 cm³/mol. The number of aromatic nitrogens is 1. The van der Waals surface area contributed by atoms with Crippen LogP contribution in [0.4, 0.5) is 0 Å². The van der Waals surface area contributed by atoms with Crippen LogP contribution in [0.3, 0.4) is 0 Å². The lowest BCUT2D eigenvalue weighted by atomic mass is 10.1. The third-order valence-electron chi connectivity index (χ3n) is 4.77. The van der Waals surface area contributed by atoms with E-state index in [1.807, 2.05) is 31.2 Å². The molecule has 7 nitrogen and oxygen atoms in total. The number of aliphatic carboxylic acids is 1. The van der Waals surface area contributed by atoms with Crippen LogP contribution < -0.4 is 9.47 Å². The van der Waals surface area contributed by atoms with E-state index in [2.05, 4.69) is 11.1 Å². The predicted octanol–water partition coefficient (Wildman–Crippen LogP) is 5.89. The Bertz CT molecular complexity index is 1370. The maximum absolute atomic E-state index is 11.9. The summed E-state index contributed by atoms with van der Waals surface area (Å²) in [6, 6.07) is 21.8. The highest BCUT2D eigenvalue weighted by Gasteiger charge is 2.16. The second-order valence-electron chi connectivity index (χ2n) is 7.06. The Morgan fingerprint density at radius 1 is 1.12 bits per heavy atom. The molecule has 0 saturated heterocycles. The molecule has 1 N–H and O–H groups in total. The lowest BCUT2D eigenvalue weighted by molar-refractivity contribution is -0.131. The van der Waals surface area contributed by atoms with E-state index in [0.29, 0.717) is 40.3 Å². The molecule has 1 aromatic heterocycles. The second kappa shape index (κ2) is 10.6. The Kier molecular flexibility index (Phi) is 7.16. The summed E-state index contributed by atoms with van der Waals surface area (Å²) in [5.41, 5.74) is 3.18. The highest BCUT2D eigenvalue weighted by molar-refractivity contribution is 8.03. The average molecular weight is 473 g/mol. The number of oxazole rings is 1. The quantitative estimate of drug-likeness (QED) is 0.237. The number of para-hydroxylation sites is 2. The van der Waals surface area contributed by atoms with Gasteiger partial charge >= 0.3 is 5.97 Å². The van der Waals surface area contributed by atoms with Crippen LogP contribution in [0.1, 0.15) is 23.6 Å². The maximum Gasteiger partial charge on any atom is 0.342 e. The van der Waals surface area contributed by atoms with Gasteiger partial charge in [0, 0.05) is 5.56 Å². The van der Waals surface area contributed by atoms with Gasteiger partial charge in [-0.3, -0.25) is 0 Å². The summed E-state index contributed by atoms with van der Waals surface area (Å²) in [6.45, 7) is 2.46. The molecular formula is C26H20N2O5S. The number of carboxylic acid groups (broad SMARTS) is 1. The number of benzene rings is 3. The van der Waals surface area contributed by atoms with Crippen LogP contribution in [0.2, 0.25) is 0 Å². The van der Waals surface area contributed by atoms with E-state index in [-0.39, 0.29) is 16.7 Å². The van der Waals surface area contributed by atoms with Crippen molar-refractivity contribution in [3.05, 3.63) is 88.3 Å². The van der Waals surface area contributed by atoms with Crippen molar-refractivity contribution < 1.29 is 23.8 Å². The molecule has 0 radical (unpaired) electrons. The van der Waals surface area contributed by atoms with Gasteiger partial charge in [0.1, 0.15) is 17.0 Å². The molecule has 0 spiro atoms. The number of nitriles is 1. The molecule has 0 amide bonds. The van der Waals surface area contributed by atoms with Crippen molar-refractivity contribution in [3.8, 4) is 17.6 Å². The SMILES string of the molecule is CCOc1cc(/C=C(\Sc2nc3ccccc3o2)C(=O)O)ccc1OCc1ccccc1C#N. The molecule has 170 valence electrons. The van der Waals surface area contributed by atoms with Gasteiger partial charge in [0.25, 0.3) is 5.22 Å². The van der Waals surface area contributed by atoms with Gasteiger partial charge in [0.05, 0.1) is 18.2 Å². The zero-order valence-electron chi connectivity index (χ0n) is 18.2. The van der Waals surface area contributed by atoms with E-state index in [1.54, 1.807) is 42.5 Å². The van der Waals surface area contributed by atoms with Crippen LogP contribution in [0.15, 0.2) is 81.3 Å². The van der Waals surface area contributed by atoms with Crippen LogP contribution in [-0.4, -0.2) is 22.7 Å². The van der Waals surface area contributed by atoms with Gasteiger partial charge < -0.3 is 19.0 Å². The topological polar surface area (TPSA) is 106 Å². The molecule has 4 aromatic rings. The van der Waals surface area contributed by atoms with Crippen LogP contribution in [0.5, 0.6) is 11.5 Å². The number of hydrogen-bond acceptors (Lipinski definition) is 7. The van der Waals surface area contributed by atoms with E-state index in [1.165, 1.54) is 6.08 Å². The summed E-state index contributed by atoms with van der Waals surface area (Å²) in [6.07, 6.45) is 1.53. The summed E-state index contributed by atoms with van der Waals surface area (Å²) < 4.78 is 17.3. The molecule has 0 saturated carbocycles. The van der Waals surface area contributed by atoms with Crippen molar-refractivity contribution in [2.24, 2.45) is 0 Å². The Morgan fingerprint density at radius 3 is 2.68 bits per heavy atom. The normalized spacial score (nSPS) is 11.2. The summed E-state index contributed by atoms with van der Waals surface area (Å²) in [5, 5.41) is 19.2. The Morgan fingerprint density at radius 2 is 1.91 bits per heavy atom. The van der Waals surface area contributed by atoms with E-state index in [0.717, 1.165) is 17.3 Å². The highest BCUT2D eigenvalue weighted by atomic mass is 32.2. The third-order valence-corrected chi connectivity index (χ3v) is 5.63. The summed E-state index contributed by atoms with van der Waals surface area (Å²) in [5.74, 6) is -0.129. The molecule has 0 aliphatic carbocycles. The van der Waals surface area contributed by atoms with Gasteiger partial charge in [-0.1, -0.05) is 36.4 Å². The fraction of sp³-hybridized carbons (Fsp3) is 0.115. The van der Waals surface area contributed by atoms with Crippen LogP contribution in [0, 0.1) is 11.3 Å². The minimum atomic E-state index is -1.10. The van der Waals surface area contributed by atoms with Gasteiger partial charge in [0.15, 0.2) is 17.1 Å². The zero-order valence-corrected chi connectivity index (χ0v) is 19.0. The fourth-order valence-electron chi connectivity index (χ4n) is 3.19. The number of ether oxygens (including phenoxy) is 2. The molecular weight excluding hydrogens is 452 g/mol. The van der Waals surface area contributed by atoms with E-state index in [9.17, 15) is 15.2 Å². The van der Waals surface area contributed by atoms with E-state index >= 15 is 0 Å². The number of thioether (sulfide) groups is 1. The molecule has 0 atom stereocenters. The van der Waals surface area contributed by atoms with Gasteiger partial charge in [-0.15, -0.1) is 0 Å². The first kappa shape index (κ1) is 23.0. The van der Waals surface area contributed by atoms with Crippen LogP contribution >= 0.6 is 11.8 Å². The lowest BCUT2D eigenvalue weighted by Crippen LogP contribution is -2.02. The van der Waals surface area contributed by atoms with Crippen molar-refractivity contribution in [1.82, 2.24) is 4.98 Å². The van der Waals surface area contributed by atoms with Gasteiger partial charge in [-0.25, -0.2) is 9.78 Å². The van der Waals surface area contributed by atoms with E-state index < -0.39 is 5.97 Å². The van der Waals surface area contributed by atoms with Crippen molar-refractivity contribution in [2.45, 2.75) is 18.8 Å². The van der Waals surface area contributed by atoms with Crippen LogP contribution in [0.25, 0.3) is 17.2 Å². The first-order valence-electron chi connectivity index (χ1n) is 10.4. The number of nitrogens with zero attached hydrogens (tertiary/aromatic N) is 2. The van der Waals surface area contributed by atoms with Crippen molar-refractivity contribution >= 4 is 34.9 Å². The van der Waals surface area contributed by atoms with Crippen LogP contribution in [-0.2, 0) is 11.4 Å². The van der Waals surface area contributed by atoms with Crippen molar-refractivity contribution in [3.63, 3.8) is 0 Å². The summed E-state index contributed by atoms with van der Waals surface area (Å²) in [4.78, 5) is 16.3. The Hall–Kier alpha value is -4.22. The second-order valence-corrected chi connectivity index (χ2v) is 8.05. The molecule has 0 bridgehead atoms. The molecule has 8 heteroatoms. The van der Waals surface area contributed by atoms with Crippen molar-refractivity contribution in [1.29, 1.82) is 5.26 Å². The number of rotatable bonds is 9. The van der Waals surface area contributed by atoms with Gasteiger partial charge in [-0.05, 0) is 60.7 Å². The number of fused-ring (bicyclic) bond motifs is 1. The molecule has 0 aliphatic rings.